The molecule has 15 heavy (non-hydrogen) atoms. The highest BCUT2D eigenvalue weighted by Gasteiger charge is 1.93. The van der Waals surface area contributed by atoms with Gasteiger partial charge in [-0.25, -0.2) is 9.37 Å². The van der Waals surface area contributed by atoms with Crippen LogP contribution in [0.5, 0.6) is 0 Å². The highest BCUT2D eigenvalue weighted by molar-refractivity contribution is 5.36. The number of hydrogen-bond donors (Lipinski definition) is 0. The fourth-order valence-electron chi connectivity index (χ4n) is 1.05. The van der Waals surface area contributed by atoms with Crippen LogP contribution in [0.15, 0.2) is 58.9 Å². The van der Waals surface area contributed by atoms with Gasteiger partial charge in [0, 0.05) is 12.3 Å². The lowest BCUT2D eigenvalue weighted by molar-refractivity contribution is 0.626. The van der Waals surface area contributed by atoms with Gasteiger partial charge in [0.05, 0.1) is 5.69 Å². The van der Waals surface area contributed by atoms with Crippen LogP contribution < -0.4 is 0 Å². The van der Waals surface area contributed by atoms with E-state index in [1.54, 1.807) is 0 Å². The highest BCUT2D eigenvalue weighted by Crippen LogP contribution is 2.15. The Labute approximate surface area is 86.3 Å². The molecule has 0 bridgehead atoms. The third kappa shape index (κ3) is 2.67. The number of rotatable bonds is 2. The summed E-state index contributed by atoms with van der Waals surface area (Å²) >= 11 is 0. The average Bonchev–Trinajstić information content (AvgIpc) is 2.28. The Morgan fingerprint density at radius 1 is 1.00 bits per heavy atom. The van der Waals surface area contributed by atoms with Gasteiger partial charge in [-0.2, -0.15) is 0 Å². The Balaban J connectivity index is 2.19. The van der Waals surface area contributed by atoms with Crippen LogP contribution in [0.25, 0.3) is 0 Å². The van der Waals surface area contributed by atoms with Crippen molar-refractivity contribution in [3.8, 4) is 0 Å². The van der Waals surface area contributed by atoms with Crippen molar-refractivity contribution in [2.75, 3.05) is 0 Å². The summed E-state index contributed by atoms with van der Waals surface area (Å²) in [7, 11) is 0. The molecule has 2 rings (SSSR count). The van der Waals surface area contributed by atoms with Crippen LogP contribution >= 0.6 is 0 Å². The van der Waals surface area contributed by atoms with Crippen molar-refractivity contribution in [2.24, 2.45) is 10.2 Å². The maximum atomic E-state index is 12.8. The summed E-state index contributed by atoms with van der Waals surface area (Å²) in [4.78, 5) is 3.85. The molecule has 1 aromatic heterocycles. The van der Waals surface area contributed by atoms with Crippen molar-refractivity contribution in [1.29, 1.82) is 0 Å². The normalized spacial score (nSPS) is 10.7. The number of nitrogens with zero attached hydrogens (tertiary/aromatic N) is 3. The molecule has 0 unspecified atom stereocenters. The molecule has 0 saturated carbocycles. The van der Waals surface area contributed by atoms with Crippen LogP contribution in [0.2, 0.25) is 0 Å². The molecular weight excluding hydrogens is 193 g/mol. The van der Waals surface area contributed by atoms with E-state index in [0.29, 0.717) is 5.69 Å². The fraction of sp³-hybridized carbons (Fsp3) is 0. The molecule has 0 atom stereocenters. The topological polar surface area (TPSA) is 37.6 Å². The molecular formula is C11H8FN3. The molecule has 0 amide bonds. The number of azo groups is 1. The van der Waals surface area contributed by atoms with E-state index >= 15 is 0 Å². The first kappa shape index (κ1) is 9.45. The minimum atomic E-state index is -0.369. The summed E-state index contributed by atoms with van der Waals surface area (Å²) in [6.07, 6.45) is 1.36. The van der Waals surface area contributed by atoms with E-state index in [-0.39, 0.29) is 11.6 Å². The lowest BCUT2D eigenvalue weighted by atomic mass is 10.3. The van der Waals surface area contributed by atoms with E-state index in [0.717, 1.165) is 0 Å². The molecule has 3 nitrogen and oxygen atoms in total. The van der Waals surface area contributed by atoms with Crippen molar-refractivity contribution >= 4 is 11.5 Å². The molecule has 2 aromatic rings. The Morgan fingerprint density at radius 2 is 1.80 bits per heavy atom. The van der Waals surface area contributed by atoms with Gasteiger partial charge >= 0.3 is 0 Å². The molecule has 1 aromatic carbocycles. The zero-order chi connectivity index (χ0) is 10.5. The summed E-state index contributed by atoms with van der Waals surface area (Å²) in [6.45, 7) is 0. The van der Waals surface area contributed by atoms with Gasteiger partial charge in [-0.3, -0.25) is 0 Å². The predicted octanol–water partition coefficient (Wildman–Crippen LogP) is 3.64. The van der Waals surface area contributed by atoms with Gasteiger partial charge in [0.15, 0.2) is 5.82 Å². The molecule has 4 heteroatoms. The largest absolute Gasteiger partial charge is 0.235 e. The van der Waals surface area contributed by atoms with Crippen molar-refractivity contribution in [1.82, 2.24) is 4.98 Å². The lowest BCUT2D eigenvalue weighted by Crippen LogP contribution is -1.75. The van der Waals surface area contributed by atoms with Crippen LogP contribution in [-0.4, -0.2) is 4.98 Å². The zero-order valence-corrected chi connectivity index (χ0v) is 7.84. The Kier molecular flexibility index (Phi) is 2.78. The molecule has 0 aliphatic rings. The average molecular weight is 201 g/mol. The van der Waals surface area contributed by atoms with Gasteiger partial charge in [0.25, 0.3) is 0 Å². The third-order valence-corrected chi connectivity index (χ3v) is 1.73. The van der Waals surface area contributed by atoms with E-state index < -0.39 is 0 Å². The summed E-state index contributed by atoms with van der Waals surface area (Å²) in [5.41, 5.74) is 0.712. The van der Waals surface area contributed by atoms with Crippen LogP contribution in [0.3, 0.4) is 0 Å². The second kappa shape index (κ2) is 4.41. The molecule has 0 aliphatic heterocycles. The molecule has 0 saturated heterocycles. The molecule has 0 spiro atoms. The maximum Gasteiger partial charge on any atom is 0.177 e. The van der Waals surface area contributed by atoms with Crippen molar-refractivity contribution in [3.05, 3.63) is 54.5 Å². The molecule has 0 fully saturated rings. The maximum absolute atomic E-state index is 12.8. The summed E-state index contributed by atoms with van der Waals surface area (Å²) in [6, 6.07) is 11.7. The van der Waals surface area contributed by atoms with Gasteiger partial charge in [-0.05, 0) is 18.2 Å². The van der Waals surface area contributed by atoms with Crippen molar-refractivity contribution < 1.29 is 4.39 Å². The predicted molar refractivity (Wildman–Crippen MR) is 54.8 cm³/mol. The van der Waals surface area contributed by atoms with Crippen molar-refractivity contribution in [2.45, 2.75) is 0 Å². The quantitative estimate of drug-likeness (QED) is 0.683. The SMILES string of the molecule is Fc1ccnc(/N=N/c2ccccc2)c1. The van der Waals surface area contributed by atoms with E-state index in [1.807, 2.05) is 30.3 Å². The number of halogens is 1. The number of hydrogen-bond acceptors (Lipinski definition) is 3. The zero-order valence-electron chi connectivity index (χ0n) is 7.84. The first-order valence-electron chi connectivity index (χ1n) is 4.43. The van der Waals surface area contributed by atoms with E-state index in [4.69, 9.17) is 0 Å². The lowest BCUT2D eigenvalue weighted by Gasteiger charge is -1.91. The minimum Gasteiger partial charge on any atom is -0.235 e. The van der Waals surface area contributed by atoms with Crippen LogP contribution in [0.1, 0.15) is 0 Å². The summed E-state index contributed by atoms with van der Waals surface area (Å²) < 4.78 is 12.8. The Morgan fingerprint density at radius 3 is 2.53 bits per heavy atom. The first-order valence-corrected chi connectivity index (χ1v) is 4.43. The van der Waals surface area contributed by atoms with Crippen LogP contribution in [0, 0.1) is 5.82 Å². The number of benzene rings is 1. The first-order chi connectivity index (χ1) is 7.34. The van der Waals surface area contributed by atoms with E-state index in [9.17, 15) is 4.39 Å². The molecule has 74 valence electrons. The molecule has 1 heterocycles. The molecule has 0 aliphatic carbocycles. The third-order valence-electron chi connectivity index (χ3n) is 1.73. The smallest absolute Gasteiger partial charge is 0.177 e. The monoisotopic (exact) mass is 201 g/mol. The second-order valence-corrected chi connectivity index (χ2v) is 2.87. The van der Waals surface area contributed by atoms with Crippen molar-refractivity contribution in [3.63, 3.8) is 0 Å². The van der Waals surface area contributed by atoms with Crippen LogP contribution in [0.4, 0.5) is 15.9 Å². The fourth-order valence-corrected chi connectivity index (χ4v) is 1.05. The van der Waals surface area contributed by atoms with Crippen LogP contribution in [-0.2, 0) is 0 Å². The van der Waals surface area contributed by atoms with Gasteiger partial charge in [0.2, 0.25) is 0 Å². The van der Waals surface area contributed by atoms with E-state index in [2.05, 4.69) is 15.2 Å². The van der Waals surface area contributed by atoms with Gasteiger partial charge in [0.1, 0.15) is 5.82 Å². The highest BCUT2D eigenvalue weighted by atomic mass is 19.1. The molecule has 0 radical (unpaired) electrons. The minimum absolute atomic E-state index is 0.263. The Bertz CT molecular complexity index is 468. The molecule has 0 N–H and O–H groups in total. The number of aromatic nitrogens is 1. The Hall–Kier alpha value is -2.10. The van der Waals surface area contributed by atoms with Gasteiger partial charge in [-0.15, -0.1) is 10.2 Å². The summed E-state index contributed by atoms with van der Waals surface area (Å²) in [5, 5.41) is 7.72. The standard InChI is InChI=1S/C11H8FN3/c12-9-6-7-13-11(8-9)15-14-10-4-2-1-3-5-10/h1-8H/b15-14+. The number of pyridine rings is 1. The van der Waals surface area contributed by atoms with Gasteiger partial charge in [-0.1, -0.05) is 18.2 Å². The van der Waals surface area contributed by atoms with Gasteiger partial charge < -0.3 is 0 Å². The summed E-state index contributed by atoms with van der Waals surface area (Å²) in [5.74, 6) is -0.106. The van der Waals surface area contributed by atoms with E-state index in [1.165, 1.54) is 18.3 Å². The second-order valence-electron chi connectivity index (χ2n) is 2.87.